The number of carboxylic acid groups (broad SMARTS) is 1. The molecule has 0 amide bonds. The van der Waals surface area contributed by atoms with Gasteiger partial charge in [0.05, 0.1) is 17.8 Å². The highest BCUT2D eigenvalue weighted by Crippen LogP contribution is 2.16. The number of hydrogen-bond acceptors (Lipinski definition) is 4. The molecule has 17 heavy (non-hydrogen) atoms. The average molecular weight is 261 g/mol. The monoisotopic (exact) mass is 261 g/mol. The number of aryl methyl sites for hydroxylation is 2. The third-order valence-electron chi connectivity index (χ3n) is 2.17. The van der Waals surface area contributed by atoms with Crippen molar-refractivity contribution in [3.8, 4) is 0 Å². The molecule has 1 unspecified atom stereocenters. The smallest absolute Gasteiger partial charge is 0.304 e. The molecule has 0 spiro atoms. The molecule has 0 radical (unpaired) electrons. The number of hydrogen-bond donors (Lipinski definition) is 3. The van der Waals surface area contributed by atoms with Gasteiger partial charge in [0.2, 0.25) is 10.0 Å². The first kappa shape index (κ1) is 13.7. The summed E-state index contributed by atoms with van der Waals surface area (Å²) in [5, 5.41) is 14.9. The highest BCUT2D eigenvalue weighted by atomic mass is 32.2. The molecule has 8 heteroatoms. The van der Waals surface area contributed by atoms with Gasteiger partial charge in [-0.15, -0.1) is 0 Å². The number of carboxylic acids is 1. The first-order valence-electron chi connectivity index (χ1n) is 4.99. The van der Waals surface area contributed by atoms with Crippen LogP contribution in [0.4, 0.5) is 0 Å². The zero-order valence-corrected chi connectivity index (χ0v) is 10.6. The summed E-state index contributed by atoms with van der Waals surface area (Å²) in [4.78, 5) is 10.5. The van der Waals surface area contributed by atoms with Crippen LogP contribution >= 0.6 is 0 Å². The standard InChI is InChI=1S/C9H15N3O4S/c1-5(4-8(13)14)12-17(15,16)9-6(2)10-11-7(9)3/h5,12H,4H2,1-3H3,(H,10,11)(H,13,14). The van der Waals surface area contributed by atoms with E-state index < -0.39 is 22.0 Å². The lowest BCUT2D eigenvalue weighted by Crippen LogP contribution is -2.34. The van der Waals surface area contributed by atoms with E-state index in [2.05, 4.69) is 14.9 Å². The molecule has 1 aromatic heterocycles. The first-order valence-corrected chi connectivity index (χ1v) is 6.48. The number of nitrogens with one attached hydrogen (secondary N) is 2. The van der Waals surface area contributed by atoms with E-state index >= 15 is 0 Å². The molecule has 0 bridgehead atoms. The van der Waals surface area contributed by atoms with E-state index in [9.17, 15) is 13.2 Å². The van der Waals surface area contributed by atoms with E-state index in [4.69, 9.17) is 5.11 Å². The zero-order valence-electron chi connectivity index (χ0n) is 9.81. The van der Waals surface area contributed by atoms with E-state index in [1.165, 1.54) is 6.92 Å². The zero-order chi connectivity index (χ0) is 13.2. The molecule has 0 aromatic carbocycles. The molecule has 0 aliphatic heterocycles. The molecule has 0 saturated heterocycles. The van der Waals surface area contributed by atoms with Gasteiger partial charge in [0, 0.05) is 6.04 Å². The van der Waals surface area contributed by atoms with Crippen LogP contribution in [0.2, 0.25) is 0 Å². The van der Waals surface area contributed by atoms with Gasteiger partial charge < -0.3 is 5.11 Å². The Labute approximate surface area is 99.3 Å². The predicted molar refractivity (Wildman–Crippen MR) is 60.1 cm³/mol. The van der Waals surface area contributed by atoms with Crippen molar-refractivity contribution >= 4 is 16.0 Å². The number of rotatable bonds is 5. The number of aromatic amines is 1. The molecular weight excluding hydrogens is 246 g/mol. The number of carbonyl (C=O) groups is 1. The predicted octanol–water partition coefficient (Wildman–Crippen LogP) is 0.168. The summed E-state index contributed by atoms with van der Waals surface area (Å²) in [6, 6.07) is -0.675. The number of nitrogens with zero attached hydrogens (tertiary/aromatic N) is 1. The normalized spacial score (nSPS) is 13.6. The van der Waals surface area contributed by atoms with E-state index in [-0.39, 0.29) is 11.3 Å². The Morgan fingerprint density at radius 1 is 1.53 bits per heavy atom. The lowest BCUT2D eigenvalue weighted by Gasteiger charge is -2.12. The van der Waals surface area contributed by atoms with Gasteiger partial charge >= 0.3 is 5.97 Å². The quantitative estimate of drug-likeness (QED) is 0.699. The van der Waals surface area contributed by atoms with Gasteiger partial charge in [-0.05, 0) is 20.8 Å². The minimum Gasteiger partial charge on any atom is -0.481 e. The van der Waals surface area contributed by atoms with Crippen LogP contribution in [0.25, 0.3) is 0 Å². The first-order chi connectivity index (χ1) is 7.74. The molecule has 1 rings (SSSR count). The molecule has 1 atom stereocenters. The van der Waals surface area contributed by atoms with Gasteiger partial charge in [0.25, 0.3) is 0 Å². The van der Waals surface area contributed by atoms with Crippen LogP contribution in [-0.2, 0) is 14.8 Å². The Morgan fingerprint density at radius 2 is 2.12 bits per heavy atom. The molecule has 0 aliphatic carbocycles. The largest absolute Gasteiger partial charge is 0.481 e. The van der Waals surface area contributed by atoms with Gasteiger partial charge in [0.1, 0.15) is 4.90 Å². The summed E-state index contributed by atoms with van der Waals surface area (Å²) in [5.41, 5.74) is 0.787. The summed E-state index contributed by atoms with van der Waals surface area (Å²) < 4.78 is 26.2. The Bertz CT molecular complexity index is 501. The van der Waals surface area contributed by atoms with Crippen LogP contribution < -0.4 is 4.72 Å². The second-order valence-corrected chi connectivity index (χ2v) is 5.53. The molecular formula is C9H15N3O4S. The second-order valence-electron chi connectivity index (χ2n) is 3.88. The molecule has 1 heterocycles. The Balaban J connectivity index is 2.94. The van der Waals surface area contributed by atoms with Crippen LogP contribution in [-0.4, -0.2) is 35.7 Å². The number of aromatic nitrogens is 2. The Morgan fingerprint density at radius 3 is 2.53 bits per heavy atom. The lowest BCUT2D eigenvalue weighted by molar-refractivity contribution is -0.137. The minimum absolute atomic E-state index is 0.0785. The Hall–Kier alpha value is -1.41. The number of H-pyrrole nitrogens is 1. The van der Waals surface area contributed by atoms with Crippen molar-refractivity contribution in [1.29, 1.82) is 0 Å². The third-order valence-corrected chi connectivity index (χ3v) is 4.02. The maximum Gasteiger partial charge on any atom is 0.304 e. The molecule has 7 nitrogen and oxygen atoms in total. The Kier molecular flexibility index (Phi) is 3.89. The topological polar surface area (TPSA) is 112 Å². The highest BCUT2D eigenvalue weighted by Gasteiger charge is 2.24. The molecule has 0 fully saturated rings. The van der Waals surface area contributed by atoms with Crippen molar-refractivity contribution in [1.82, 2.24) is 14.9 Å². The van der Waals surface area contributed by atoms with Crippen LogP contribution in [0.1, 0.15) is 24.7 Å². The molecule has 0 saturated carbocycles. The van der Waals surface area contributed by atoms with Crippen LogP contribution in [0.5, 0.6) is 0 Å². The fraction of sp³-hybridized carbons (Fsp3) is 0.556. The number of aliphatic carboxylic acids is 1. The summed E-state index contributed by atoms with van der Waals surface area (Å²) in [5.74, 6) is -1.05. The third kappa shape index (κ3) is 3.27. The van der Waals surface area contributed by atoms with E-state index in [1.54, 1.807) is 13.8 Å². The lowest BCUT2D eigenvalue weighted by atomic mass is 10.3. The van der Waals surface area contributed by atoms with Crippen molar-refractivity contribution in [2.45, 2.75) is 38.1 Å². The minimum atomic E-state index is -3.73. The van der Waals surface area contributed by atoms with E-state index in [0.717, 1.165) is 0 Å². The van der Waals surface area contributed by atoms with Crippen molar-refractivity contribution < 1.29 is 18.3 Å². The van der Waals surface area contributed by atoms with Crippen molar-refractivity contribution in [3.05, 3.63) is 11.4 Å². The summed E-state index contributed by atoms with van der Waals surface area (Å²) in [7, 11) is -3.73. The van der Waals surface area contributed by atoms with E-state index in [1.807, 2.05) is 0 Å². The van der Waals surface area contributed by atoms with Crippen LogP contribution in [0.15, 0.2) is 4.90 Å². The fourth-order valence-corrected chi connectivity index (χ4v) is 3.18. The maximum absolute atomic E-state index is 12.0. The highest BCUT2D eigenvalue weighted by molar-refractivity contribution is 7.89. The maximum atomic E-state index is 12.0. The van der Waals surface area contributed by atoms with Gasteiger partial charge in [-0.3, -0.25) is 9.89 Å². The fourth-order valence-electron chi connectivity index (χ4n) is 1.56. The molecule has 3 N–H and O–H groups in total. The molecule has 96 valence electrons. The van der Waals surface area contributed by atoms with Crippen molar-refractivity contribution in [2.24, 2.45) is 0 Å². The summed E-state index contributed by atoms with van der Waals surface area (Å²) in [6.07, 6.45) is -0.269. The van der Waals surface area contributed by atoms with Crippen LogP contribution in [0.3, 0.4) is 0 Å². The van der Waals surface area contributed by atoms with Crippen LogP contribution in [0, 0.1) is 13.8 Å². The van der Waals surface area contributed by atoms with Gasteiger partial charge in [0.15, 0.2) is 0 Å². The van der Waals surface area contributed by atoms with Crippen molar-refractivity contribution in [3.63, 3.8) is 0 Å². The van der Waals surface area contributed by atoms with Gasteiger partial charge in [-0.25, -0.2) is 13.1 Å². The average Bonchev–Trinajstić information content (AvgIpc) is 2.43. The summed E-state index contributed by atoms with van der Waals surface area (Å²) in [6.45, 7) is 4.66. The summed E-state index contributed by atoms with van der Waals surface area (Å²) >= 11 is 0. The SMILES string of the molecule is Cc1n[nH]c(C)c1S(=O)(=O)NC(C)CC(=O)O. The van der Waals surface area contributed by atoms with Gasteiger partial charge in [-0.2, -0.15) is 5.10 Å². The van der Waals surface area contributed by atoms with E-state index in [0.29, 0.717) is 11.4 Å². The second kappa shape index (κ2) is 4.84. The van der Waals surface area contributed by atoms with Crippen molar-refractivity contribution in [2.75, 3.05) is 0 Å². The molecule has 0 aliphatic rings. The molecule has 1 aromatic rings. The van der Waals surface area contributed by atoms with Gasteiger partial charge in [-0.1, -0.05) is 0 Å². The number of sulfonamides is 1.